The number of Topliss-reactive ketones (excluding diaryl/α,β-unsaturated/α-hetero) is 1. The number of aromatic nitrogens is 3. The van der Waals surface area contributed by atoms with Gasteiger partial charge in [0.05, 0.1) is 36.7 Å². The Kier molecular flexibility index (Phi) is 13.4. The van der Waals surface area contributed by atoms with Crippen LogP contribution < -0.4 is 30.2 Å². The van der Waals surface area contributed by atoms with Gasteiger partial charge in [-0.25, -0.2) is 0 Å². The number of ketones is 1. The summed E-state index contributed by atoms with van der Waals surface area (Å²) in [6.45, 7) is 4.96. The molecule has 3 N–H and O–H groups in total. The number of aryl methyl sites for hydroxylation is 1. The number of fused-ring (bicyclic) bond motifs is 1. The Morgan fingerprint density at radius 2 is 1.76 bits per heavy atom. The van der Waals surface area contributed by atoms with Crippen LogP contribution in [0, 0.1) is 5.92 Å². The molecule has 4 aromatic rings. The molecule has 1 saturated heterocycles. The molecule has 1 saturated carbocycles. The first-order chi connectivity index (χ1) is 29.9. The van der Waals surface area contributed by atoms with E-state index >= 15 is 0 Å². The number of nitrogens with one attached hydrogen (secondary N) is 3. The number of unbranched alkanes of at least 4 members (excludes halogenated alkanes) is 2. The maximum atomic E-state index is 13.8. The van der Waals surface area contributed by atoms with Gasteiger partial charge in [0, 0.05) is 44.3 Å². The molecular weight excluding hydrogens is 799 g/mol. The van der Waals surface area contributed by atoms with E-state index in [-0.39, 0.29) is 72.1 Å². The van der Waals surface area contributed by atoms with Gasteiger partial charge >= 0.3 is 0 Å². The Bertz CT molecular complexity index is 2390. The summed E-state index contributed by atoms with van der Waals surface area (Å²) in [4.78, 5) is 89.4. The first-order valence-corrected chi connectivity index (χ1v) is 20.8. The van der Waals surface area contributed by atoms with Crippen LogP contribution in [0.5, 0.6) is 17.2 Å². The van der Waals surface area contributed by atoms with Gasteiger partial charge in [0.2, 0.25) is 23.6 Å². The molecule has 0 bridgehead atoms. The topological polar surface area (TPSA) is 217 Å². The zero-order valence-corrected chi connectivity index (χ0v) is 34.9. The van der Waals surface area contributed by atoms with E-state index in [0.717, 1.165) is 35.3 Å². The molecule has 62 heavy (non-hydrogen) atoms. The van der Waals surface area contributed by atoms with Crippen LogP contribution in [0.4, 0.5) is 5.69 Å². The monoisotopic (exact) mass is 847 g/mol. The predicted octanol–water partition coefficient (Wildman–Crippen LogP) is 4.53. The summed E-state index contributed by atoms with van der Waals surface area (Å²) in [7, 11) is 1.56. The molecule has 3 atom stereocenters. The molecule has 3 aliphatic rings. The number of carbonyl (C=O) groups is 7. The fourth-order valence-electron chi connectivity index (χ4n) is 7.94. The average molecular weight is 848 g/mol. The Morgan fingerprint density at radius 3 is 2.50 bits per heavy atom. The van der Waals surface area contributed by atoms with Crippen molar-refractivity contribution < 1.29 is 47.8 Å². The van der Waals surface area contributed by atoms with Crippen LogP contribution >= 0.6 is 0 Å². The fraction of sp³-hybridized carbons (Fsp3) is 0.400. The van der Waals surface area contributed by atoms with Crippen LogP contribution in [0.2, 0.25) is 0 Å². The second-order valence-electron chi connectivity index (χ2n) is 15.5. The molecule has 17 heteroatoms. The lowest BCUT2D eigenvalue weighted by molar-refractivity contribution is -0.136. The van der Waals surface area contributed by atoms with E-state index < -0.39 is 29.7 Å². The van der Waals surface area contributed by atoms with Gasteiger partial charge in [-0.1, -0.05) is 29.8 Å². The Balaban J connectivity index is 0.838. The minimum Gasteiger partial charge on any atom is -0.493 e. The predicted molar refractivity (Wildman–Crippen MR) is 223 cm³/mol. The number of ether oxygens (including phenoxy) is 3. The van der Waals surface area contributed by atoms with Gasteiger partial charge < -0.3 is 24.8 Å². The van der Waals surface area contributed by atoms with Crippen molar-refractivity contribution in [1.29, 1.82) is 0 Å². The van der Waals surface area contributed by atoms with Crippen molar-refractivity contribution in [3.8, 4) is 17.2 Å². The fourth-order valence-corrected chi connectivity index (χ4v) is 7.94. The van der Waals surface area contributed by atoms with Gasteiger partial charge in [0.15, 0.2) is 17.3 Å². The smallest absolute Gasteiger partial charge is 0.264 e. The van der Waals surface area contributed by atoms with E-state index in [2.05, 4.69) is 26.3 Å². The number of rotatable bonds is 20. The molecule has 2 aliphatic heterocycles. The highest BCUT2D eigenvalue weighted by molar-refractivity contribution is 6.26. The third-order valence-electron chi connectivity index (χ3n) is 11.2. The molecule has 6 amide bonds. The molecule has 2 fully saturated rings. The highest BCUT2D eigenvalue weighted by atomic mass is 16.5. The summed E-state index contributed by atoms with van der Waals surface area (Å²) in [6.07, 6.45) is 5.30. The number of benzene rings is 3. The summed E-state index contributed by atoms with van der Waals surface area (Å²) in [5, 5.41) is 16.1. The van der Waals surface area contributed by atoms with Crippen molar-refractivity contribution in [3.05, 3.63) is 94.3 Å². The number of anilines is 1. The number of hydrogen-bond donors (Lipinski definition) is 3. The summed E-state index contributed by atoms with van der Waals surface area (Å²) in [5.74, 6) is -1.26. The number of methoxy groups -OCH3 is 1. The van der Waals surface area contributed by atoms with E-state index in [0.29, 0.717) is 61.0 Å². The summed E-state index contributed by atoms with van der Waals surface area (Å²) >= 11 is 0. The van der Waals surface area contributed by atoms with Gasteiger partial charge in [-0.15, -0.1) is 5.10 Å². The highest BCUT2D eigenvalue weighted by Crippen LogP contribution is 2.50. The number of piperidine rings is 1. The number of hydrogen-bond acceptors (Lipinski definition) is 12. The van der Waals surface area contributed by atoms with Gasteiger partial charge in [-0.2, -0.15) is 0 Å². The lowest BCUT2D eigenvalue weighted by Gasteiger charge is -2.27. The molecule has 324 valence electrons. The van der Waals surface area contributed by atoms with Crippen LogP contribution in [0.1, 0.15) is 113 Å². The number of imide groups is 2. The third-order valence-corrected chi connectivity index (χ3v) is 11.2. The number of nitrogens with zero attached hydrogens (tertiary/aromatic N) is 4. The molecule has 17 nitrogen and oxygen atoms in total. The van der Waals surface area contributed by atoms with Crippen LogP contribution in [0.15, 0.2) is 60.8 Å². The third kappa shape index (κ3) is 9.82. The average Bonchev–Trinajstić information content (AvgIpc) is 3.85. The van der Waals surface area contributed by atoms with E-state index in [1.807, 2.05) is 43.5 Å². The first-order valence-electron chi connectivity index (χ1n) is 20.8. The lowest BCUT2D eigenvalue weighted by atomic mass is 9.95. The molecule has 1 unspecified atom stereocenters. The molecule has 1 aromatic heterocycles. The lowest BCUT2D eigenvalue weighted by Crippen LogP contribution is -2.54. The van der Waals surface area contributed by atoms with Gasteiger partial charge in [-0.3, -0.25) is 48.5 Å². The SMILES string of the molecule is CCOc1cc(C(=O)[C@H]2C[C@@H]2c2ccc(OCc3cn(CCCCCC(=O)Nc4cccc5c4C(=O)N(C4CCC(=O)NC4=O)C5=O)nn3)cc2)c(CCNC(C)=O)cc1OC. The number of carbonyl (C=O) groups excluding carboxylic acids is 7. The molecule has 3 heterocycles. The first kappa shape index (κ1) is 43.2. The highest BCUT2D eigenvalue weighted by Gasteiger charge is 2.46. The maximum Gasteiger partial charge on any atom is 0.264 e. The van der Waals surface area contributed by atoms with E-state index in [4.69, 9.17) is 14.2 Å². The summed E-state index contributed by atoms with van der Waals surface area (Å²) < 4.78 is 19.0. The zero-order chi connectivity index (χ0) is 43.9. The summed E-state index contributed by atoms with van der Waals surface area (Å²) in [6, 6.07) is 14.8. The second kappa shape index (κ2) is 19.2. The molecule has 1 aliphatic carbocycles. The van der Waals surface area contributed by atoms with Gasteiger partial charge in [0.1, 0.15) is 24.1 Å². The quantitative estimate of drug-likeness (QED) is 0.0635. The van der Waals surface area contributed by atoms with Crippen LogP contribution in [-0.4, -0.2) is 87.4 Å². The largest absolute Gasteiger partial charge is 0.493 e. The van der Waals surface area contributed by atoms with E-state index in [1.165, 1.54) is 13.0 Å². The van der Waals surface area contributed by atoms with Crippen LogP contribution in [-0.2, 0) is 38.8 Å². The minimum absolute atomic E-state index is 0.0152. The maximum absolute atomic E-state index is 13.8. The Morgan fingerprint density at radius 1 is 0.952 bits per heavy atom. The van der Waals surface area contributed by atoms with Crippen molar-refractivity contribution >= 4 is 46.9 Å². The molecule has 3 aromatic carbocycles. The Hall–Kier alpha value is -6.91. The molecule has 0 radical (unpaired) electrons. The number of amides is 6. The van der Waals surface area contributed by atoms with Gasteiger partial charge in [-0.05, 0) is 92.5 Å². The van der Waals surface area contributed by atoms with Gasteiger partial charge in [0.25, 0.3) is 11.8 Å². The van der Waals surface area contributed by atoms with Crippen molar-refractivity contribution in [2.24, 2.45) is 5.92 Å². The van der Waals surface area contributed by atoms with E-state index in [1.54, 1.807) is 30.0 Å². The Labute approximate surface area is 357 Å². The van der Waals surface area contributed by atoms with Crippen molar-refractivity contribution in [2.75, 3.05) is 25.6 Å². The van der Waals surface area contributed by atoms with E-state index in [9.17, 15) is 33.6 Å². The second-order valence-corrected chi connectivity index (χ2v) is 15.5. The van der Waals surface area contributed by atoms with Crippen molar-refractivity contribution in [1.82, 2.24) is 30.5 Å². The van der Waals surface area contributed by atoms with Crippen molar-refractivity contribution in [3.63, 3.8) is 0 Å². The summed E-state index contributed by atoms with van der Waals surface area (Å²) in [5.41, 5.74) is 3.42. The molecular formula is C45H49N7O10. The molecule has 0 spiro atoms. The minimum atomic E-state index is -1.09. The molecule has 7 rings (SSSR count). The zero-order valence-electron chi connectivity index (χ0n) is 34.9. The van der Waals surface area contributed by atoms with Crippen molar-refractivity contribution in [2.45, 2.75) is 90.3 Å². The van der Waals surface area contributed by atoms with Crippen LogP contribution in [0.3, 0.4) is 0 Å². The normalized spacial score (nSPS) is 17.9. The van der Waals surface area contributed by atoms with Crippen LogP contribution in [0.25, 0.3) is 0 Å². The standard InChI is InChI=1S/C45H49N7O10/c1-4-61-38-23-33(28(21-37(38)60-3)18-19-46-26(2)53)42(56)34-22-32(34)27-12-14-30(15-13-27)62-25-29-24-51(50-49-29)20-7-5-6-11-39(54)47-35-10-8-9-31-41(35)45(59)52(44(31)58)36-16-17-40(55)48-43(36)57/h8-10,12-15,21,23-24,32,34,36H,4-7,11,16-20,22,25H2,1-3H3,(H,46,53)(H,47,54)(H,48,55,57)/t32-,34+,36?/m1/s1.